The molecular formula is C21H25FN2O4. The fourth-order valence-electron chi connectivity index (χ4n) is 3.31. The van der Waals surface area contributed by atoms with E-state index in [1.807, 2.05) is 26.8 Å². The normalized spacial score (nSPS) is 15.4. The average Bonchev–Trinajstić information content (AvgIpc) is 3.09. The zero-order valence-electron chi connectivity index (χ0n) is 16.3. The standard InChI is InChI=1S/C21H25FN2O4/c1-21(2,3)28-20(26)23-14-9-11-24(12-10-14)17-6-4-5-16(22)19(17)18-8-7-15(13-25)27-18/h4-8,13-14H,9-12H2,1-3H3,(H,23,26). The van der Waals surface area contributed by atoms with Crippen LogP contribution in [0.1, 0.15) is 44.2 Å². The molecule has 1 aromatic carbocycles. The van der Waals surface area contributed by atoms with Crippen LogP contribution in [0.3, 0.4) is 0 Å². The molecule has 0 unspecified atom stereocenters. The lowest BCUT2D eigenvalue weighted by Gasteiger charge is -2.35. The van der Waals surface area contributed by atoms with Gasteiger partial charge in [0.15, 0.2) is 12.0 Å². The molecule has 0 bridgehead atoms. The van der Waals surface area contributed by atoms with Gasteiger partial charge >= 0.3 is 6.09 Å². The molecule has 150 valence electrons. The molecule has 7 heteroatoms. The quantitative estimate of drug-likeness (QED) is 0.787. The van der Waals surface area contributed by atoms with Crippen molar-refractivity contribution in [3.8, 4) is 11.3 Å². The summed E-state index contributed by atoms with van der Waals surface area (Å²) in [6.07, 6.45) is 1.60. The van der Waals surface area contributed by atoms with Crippen molar-refractivity contribution in [2.24, 2.45) is 0 Å². The first-order valence-corrected chi connectivity index (χ1v) is 9.35. The molecular weight excluding hydrogens is 363 g/mol. The predicted molar refractivity (Wildman–Crippen MR) is 104 cm³/mol. The maximum absolute atomic E-state index is 14.6. The molecule has 2 aromatic rings. The van der Waals surface area contributed by atoms with Gasteiger partial charge < -0.3 is 19.4 Å². The number of amides is 1. The SMILES string of the molecule is CC(C)(C)OC(=O)NC1CCN(c2cccc(F)c2-c2ccc(C=O)o2)CC1. The number of halogens is 1. The van der Waals surface area contributed by atoms with Crippen LogP contribution in [-0.2, 0) is 4.74 Å². The minimum atomic E-state index is -0.537. The number of nitrogens with zero attached hydrogens (tertiary/aromatic N) is 1. The van der Waals surface area contributed by atoms with Crippen molar-refractivity contribution in [2.45, 2.75) is 45.3 Å². The number of hydrogen-bond acceptors (Lipinski definition) is 5. The molecule has 0 atom stereocenters. The second-order valence-electron chi connectivity index (χ2n) is 7.86. The maximum Gasteiger partial charge on any atom is 0.407 e. The summed E-state index contributed by atoms with van der Waals surface area (Å²) in [7, 11) is 0. The topological polar surface area (TPSA) is 71.8 Å². The molecule has 0 saturated carbocycles. The van der Waals surface area contributed by atoms with Crippen molar-refractivity contribution in [3.63, 3.8) is 0 Å². The van der Waals surface area contributed by atoms with Gasteiger partial charge in [0.05, 0.1) is 11.3 Å². The summed E-state index contributed by atoms with van der Waals surface area (Å²) in [5.41, 5.74) is 0.515. The van der Waals surface area contributed by atoms with E-state index < -0.39 is 17.5 Å². The number of piperidine rings is 1. The third kappa shape index (κ3) is 4.71. The number of alkyl carbamates (subject to hydrolysis) is 1. The van der Waals surface area contributed by atoms with Crippen molar-refractivity contribution >= 4 is 18.1 Å². The molecule has 6 nitrogen and oxygen atoms in total. The van der Waals surface area contributed by atoms with Crippen LogP contribution in [0.25, 0.3) is 11.3 Å². The first kappa shape index (κ1) is 19.9. The van der Waals surface area contributed by atoms with E-state index in [4.69, 9.17) is 9.15 Å². The molecule has 0 aliphatic carbocycles. The minimum Gasteiger partial charge on any atom is -0.453 e. The van der Waals surface area contributed by atoms with E-state index in [2.05, 4.69) is 10.2 Å². The molecule has 28 heavy (non-hydrogen) atoms. The van der Waals surface area contributed by atoms with E-state index in [1.165, 1.54) is 12.1 Å². The van der Waals surface area contributed by atoms with Gasteiger partial charge in [0, 0.05) is 19.1 Å². The highest BCUT2D eigenvalue weighted by atomic mass is 19.1. The van der Waals surface area contributed by atoms with Crippen molar-refractivity contribution in [2.75, 3.05) is 18.0 Å². The van der Waals surface area contributed by atoms with Crippen LogP contribution in [0, 0.1) is 5.82 Å². The van der Waals surface area contributed by atoms with E-state index >= 15 is 0 Å². The minimum absolute atomic E-state index is 0.00777. The molecule has 0 spiro atoms. The monoisotopic (exact) mass is 388 g/mol. The summed E-state index contributed by atoms with van der Waals surface area (Å²) in [5, 5.41) is 2.90. The Labute approximate surface area is 163 Å². The Kier molecular flexibility index (Phi) is 5.72. The van der Waals surface area contributed by atoms with Gasteiger partial charge in [-0.05, 0) is 57.9 Å². The van der Waals surface area contributed by atoms with Crippen LogP contribution in [0.15, 0.2) is 34.7 Å². The van der Waals surface area contributed by atoms with Crippen LogP contribution in [0.2, 0.25) is 0 Å². The van der Waals surface area contributed by atoms with Crippen molar-refractivity contribution in [1.29, 1.82) is 0 Å². The fraction of sp³-hybridized carbons (Fsp3) is 0.429. The number of ether oxygens (including phenoxy) is 1. The number of nitrogens with one attached hydrogen (secondary N) is 1. The molecule has 1 aromatic heterocycles. The van der Waals surface area contributed by atoms with E-state index in [1.54, 1.807) is 12.1 Å². The van der Waals surface area contributed by atoms with Gasteiger partial charge in [-0.2, -0.15) is 0 Å². The Balaban J connectivity index is 1.70. The average molecular weight is 388 g/mol. The Hall–Kier alpha value is -2.83. The number of rotatable bonds is 4. The summed E-state index contributed by atoms with van der Waals surface area (Å²) in [6.45, 7) is 6.78. The van der Waals surface area contributed by atoms with E-state index in [0.29, 0.717) is 49.2 Å². The lowest BCUT2D eigenvalue weighted by atomic mass is 10.0. The number of furan rings is 1. The van der Waals surface area contributed by atoms with Gasteiger partial charge in [-0.25, -0.2) is 9.18 Å². The number of aldehydes is 1. The van der Waals surface area contributed by atoms with E-state index in [-0.39, 0.29) is 11.8 Å². The van der Waals surface area contributed by atoms with Crippen LogP contribution in [0.5, 0.6) is 0 Å². The third-order valence-electron chi connectivity index (χ3n) is 4.54. The highest BCUT2D eigenvalue weighted by Gasteiger charge is 2.26. The van der Waals surface area contributed by atoms with Crippen LogP contribution in [0.4, 0.5) is 14.9 Å². The maximum atomic E-state index is 14.6. The van der Waals surface area contributed by atoms with Gasteiger partial charge in [-0.3, -0.25) is 4.79 Å². The molecule has 3 rings (SSSR count). The Morgan fingerprint density at radius 2 is 1.96 bits per heavy atom. The van der Waals surface area contributed by atoms with Gasteiger partial charge in [0.25, 0.3) is 0 Å². The van der Waals surface area contributed by atoms with Gasteiger partial charge in [0.1, 0.15) is 17.2 Å². The first-order chi connectivity index (χ1) is 13.3. The van der Waals surface area contributed by atoms with Crippen molar-refractivity contribution in [3.05, 3.63) is 41.9 Å². The smallest absolute Gasteiger partial charge is 0.407 e. The molecule has 1 saturated heterocycles. The van der Waals surface area contributed by atoms with E-state index in [0.717, 1.165) is 0 Å². The fourth-order valence-corrected chi connectivity index (χ4v) is 3.31. The number of hydrogen-bond donors (Lipinski definition) is 1. The lowest BCUT2D eigenvalue weighted by Crippen LogP contribution is -2.46. The third-order valence-corrected chi connectivity index (χ3v) is 4.54. The van der Waals surface area contributed by atoms with Crippen molar-refractivity contribution in [1.82, 2.24) is 5.32 Å². The number of carbonyl (C=O) groups is 2. The molecule has 2 heterocycles. The highest BCUT2D eigenvalue weighted by molar-refractivity contribution is 5.79. The Morgan fingerprint density at radius 1 is 1.25 bits per heavy atom. The van der Waals surface area contributed by atoms with Crippen molar-refractivity contribution < 1.29 is 23.1 Å². The summed E-state index contributed by atoms with van der Waals surface area (Å²) < 4.78 is 25.3. The molecule has 1 amide bonds. The number of carbonyl (C=O) groups excluding carboxylic acids is 2. The second-order valence-corrected chi connectivity index (χ2v) is 7.86. The first-order valence-electron chi connectivity index (χ1n) is 9.35. The molecule has 0 radical (unpaired) electrons. The molecule has 1 fully saturated rings. The van der Waals surface area contributed by atoms with Crippen LogP contribution < -0.4 is 10.2 Å². The van der Waals surface area contributed by atoms with Crippen LogP contribution >= 0.6 is 0 Å². The number of anilines is 1. The predicted octanol–water partition coefficient (Wildman–Crippen LogP) is 4.39. The summed E-state index contributed by atoms with van der Waals surface area (Å²) >= 11 is 0. The molecule has 1 aliphatic heterocycles. The van der Waals surface area contributed by atoms with Gasteiger partial charge in [0.2, 0.25) is 0 Å². The Bertz CT molecular complexity index is 848. The largest absolute Gasteiger partial charge is 0.453 e. The second kappa shape index (κ2) is 8.04. The van der Waals surface area contributed by atoms with Gasteiger partial charge in [-0.15, -0.1) is 0 Å². The van der Waals surface area contributed by atoms with Gasteiger partial charge in [-0.1, -0.05) is 6.07 Å². The molecule has 1 aliphatic rings. The summed E-state index contributed by atoms with van der Waals surface area (Å²) in [6, 6.07) is 8.00. The highest BCUT2D eigenvalue weighted by Crippen LogP contribution is 2.35. The molecule has 1 N–H and O–H groups in total. The zero-order chi connectivity index (χ0) is 20.3. The lowest BCUT2D eigenvalue weighted by molar-refractivity contribution is 0.0497. The zero-order valence-corrected chi connectivity index (χ0v) is 16.3. The summed E-state index contributed by atoms with van der Waals surface area (Å²) in [5.74, 6) is 0.0759. The van der Waals surface area contributed by atoms with E-state index in [9.17, 15) is 14.0 Å². The summed E-state index contributed by atoms with van der Waals surface area (Å²) in [4.78, 5) is 24.9. The van der Waals surface area contributed by atoms with Crippen LogP contribution in [-0.4, -0.2) is 37.1 Å². The Morgan fingerprint density at radius 3 is 2.57 bits per heavy atom. The number of benzene rings is 1.